The monoisotopic (exact) mass is 321 g/mol. The summed E-state index contributed by atoms with van der Waals surface area (Å²) in [6.45, 7) is 0.513. The van der Waals surface area contributed by atoms with Crippen LogP contribution in [-0.2, 0) is 6.54 Å². The van der Waals surface area contributed by atoms with Gasteiger partial charge in [0.05, 0.1) is 5.52 Å². The molecule has 0 fully saturated rings. The third-order valence-corrected chi connectivity index (χ3v) is 4.97. The number of rotatable bonds is 5. The van der Waals surface area contributed by atoms with Gasteiger partial charge in [-0.1, -0.05) is 12.1 Å². The normalized spacial score (nSPS) is 11.0. The maximum Gasteiger partial charge on any atom is 0.419 e. The molecule has 7 heteroatoms. The predicted octanol–water partition coefficient (Wildman–Crippen LogP) is 3.15. The fraction of sp³-hybridized carbons (Fsp3) is 0.143. The second-order valence-corrected chi connectivity index (χ2v) is 6.37. The number of carboxylic acid groups (broad SMARTS) is 1. The van der Waals surface area contributed by atoms with Crippen LogP contribution >= 0.6 is 23.1 Å². The molecule has 108 valence electrons. The van der Waals surface area contributed by atoms with Crippen LogP contribution in [0.4, 0.5) is 0 Å². The molecule has 0 aliphatic rings. The number of oxazole rings is 1. The van der Waals surface area contributed by atoms with Gasteiger partial charge in [-0.2, -0.15) is 0 Å². The Balaban J connectivity index is 1.70. The summed E-state index contributed by atoms with van der Waals surface area (Å²) in [6.07, 6.45) is 0. The lowest BCUT2D eigenvalue weighted by molar-refractivity contribution is 0.0702. The average molecular weight is 321 g/mol. The maximum atomic E-state index is 11.8. The Labute approximate surface area is 127 Å². The minimum atomic E-state index is -0.913. The third-order valence-electron chi connectivity index (χ3n) is 2.94. The SMILES string of the molecule is O=C(O)c1cc(SCCn2c(=O)oc3ccccc32)cs1. The second-order valence-electron chi connectivity index (χ2n) is 4.29. The fourth-order valence-electron chi connectivity index (χ4n) is 1.99. The van der Waals surface area contributed by atoms with E-state index in [-0.39, 0.29) is 5.76 Å². The largest absolute Gasteiger partial charge is 0.477 e. The number of aryl methyl sites for hydroxylation is 1. The van der Waals surface area contributed by atoms with Gasteiger partial charge in [-0.25, -0.2) is 9.59 Å². The molecule has 0 radical (unpaired) electrons. The molecular weight excluding hydrogens is 310 g/mol. The molecule has 0 bridgehead atoms. The number of hydrogen-bond acceptors (Lipinski definition) is 5. The molecule has 0 unspecified atom stereocenters. The Morgan fingerprint density at radius 3 is 2.95 bits per heavy atom. The molecule has 1 N–H and O–H groups in total. The van der Waals surface area contributed by atoms with E-state index in [4.69, 9.17) is 9.52 Å². The van der Waals surface area contributed by atoms with Gasteiger partial charge in [0, 0.05) is 22.6 Å². The van der Waals surface area contributed by atoms with E-state index in [0.717, 1.165) is 10.4 Å². The molecule has 0 amide bonds. The molecule has 21 heavy (non-hydrogen) atoms. The summed E-state index contributed by atoms with van der Waals surface area (Å²) in [5.74, 6) is -0.614. The molecule has 2 aromatic heterocycles. The first-order chi connectivity index (χ1) is 10.1. The van der Waals surface area contributed by atoms with E-state index < -0.39 is 5.97 Å². The summed E-state index contributed by atoms with van der Waals surface area (Å²) >= 11 is 2.72. The molecule has 2 heterocycles. The molecular formula is C14H11NO4S2. The number of carbonyl (C=O) groups is 1. The van der Waals surface area contributed by atoms with E-state index in [1.54, 1.807) is 16.7 Å². The van der Waals surface area contributed by atoms with E-state index in [9.17, 15) is 9.59 Å². The van der Waals surface area contributed by atoms with Gasteiger partial charge >= 0.3 is 11.7 Å². The molecule has 0 saturated heterocycles. The number of benzene rings is 1. The highest BCUT2D eigenvalue weighted by molar-refractivity contribution is 7.99. The highest BCUT2D eigenvalue weighted by Crippen LogP contribution is 2.25. The summed E-state index contributed by atoms with van der Waals surface area (Å²) in [5.41, 5.74) is 1.36. The standard InChI is InChI=1S/C14H11NO4S2/c16-13(17)12-7-9(8-21-12)20-6-5-15-10-3-1-2-4-11(10)19-14(15)18/h1-4,7-8H,5-6H2,(H,16,17). The Morgan fingerprint density at radius 2 is 2.19 bits per heavy atom. The van der Waals surface area contributed by atoms with Crippen molar-refractivity contribution in [2.75, 3.05) is 5.75 Å². The van der Waals surface area contributed by atoms with Crippen molar-refractivity contribution in [3.05, 3.63) is 51.1 Å². The number of aromatic carboxylic acids is 1. The van der Waals surface area contributed by atoms with Crippen molar-refractivity contribution < 1.29 is 14.3 Å². The average Bonchev–Trinajstić information content (AvgIpc) is 3.04. The summed E-state index contributed by atoms with van der Waals surface area (Å²) in [6, 6.07) is 8.94. The summed E-state index contributed by atoms with van der Waals surface area (Å²) < 4.78 is 6.75. The van der Waals surface area contributed by atoms with Gasteiger partial charge < -0.3 is 9.52 Å². The lowest BCUT2D eigenvalue weighted by atomic mass is 10.3. The van der Waals surface area contributed by atoms with E-state index in [1.165, 1.54) is 23.1 Å². The molecule has 5 nitrogen and oxygen atoms in total. The van der Waals surface area contributed by atoms with Crippen LogP contribution < -0.4 is 5.76 Å². The number of thioether (sulfide) groups is 1. The lowest BCUT2D eigenvalue weighted by Crippen LogP contribution is -2.15. The summed E-state index contributed by atoms with van der Waals surface area (Å²) in [5, 5.41) is 10.7. The van der Waals surface area contributed by atoms with Crippen molar-refractivity contribution in [2.24, 2.45) is 0 Å². The van der Waals surface area contributed by atoms with Gasteiger partial charge in [0.25, 0.3) is 0 Å². The first kappa shape index (κ1) is 14.0. The number of aromatic nitrogens is 1. The summed E-state index contributed by atoms with van der Waals surface area (Å²) in [7, 11) is 0. The molecule has 3 aromatic rings. The number of nitrogens with zero attached hydrogens (tertiary/aromatic N) is 1. The number of carboxylic acids is 1. The van der Waals surface area contributed by atoms with Crippen molar-refractivity contribution in [3.63, 3.8) is 0 Å². The zero-order valence-corrected chi connectivity index (χ0v) is 12.4. The fourth-order valence-corrected chi connectivity index (χ4v) is 3.80. The van der Waals surface area contributed by atoms with E-state index >= 15 is 0 Å². The van der Waals surface area contributed by atoms with Crippen molar-refractivity contribution in [1.29, 1.82) is 0 Å². The number of para-hydroxylation sites is 2. The van der Waals surface area contributed by atoms with E-state index in [1.807, 2.05) is 23.6 Å². The van der Waals surface area contributed by atoms with Crippen molar-refractivity contribution in [2.45, 2.75) is 11.4 Å². The number of hydrogen-bond donors (Lipinski definition) is 1. The predicted molar refractivity (Wildman–Crippen MR) is 82.5 cm³/mol. The highest BCUT2D eigenvalue weighted by Gasteiger charge is 2.10. The van der Waals surface area contributed by atoms with Crippen molar-refractivity contribution in [3.8, 4) is 0 Å². The van der Waals surface area contributed by atoms with Gasteiger partial charge in [-0.3, -0.25) is 4.57 Å². The van der Waals surface area contributed by atoms with Crippen LogP contribution in [0, 0.1) is 0 Å². The van der Waals surface area contributed by atoms with Crippen LogP contribution in [0.15, 0.2) is 49.8 Å². The van der Waals surface area contributed by atoms with Gasteiger partial charge in [0.2, 0.25) is 0 Å². The quantitative estimate of drug-likeness (QED) is 0.731. The molecule has 1 aromatic carbocycles. The molecule has 0 saturated carbocycles. The molecule has 0 aliphatic heterocycles. The van der Waals surface area contributed by atoms with Gasteiger partial charge in [-0.05, 0) is 18.2 Å². The zero-order valence-electron chi connectivity index (χ0n) is 10.8. The van der Waals surface area contributed by atoms with Crippen LogP contribution in [0.1, 0.15) is 9.67 Å². The highest BCUT2D eigenvalue weighted by atomic mass is 32.2. The van der Waals surface area contributed by atoms with Gasteiger partial charge in [-0.15, -0.1) is 23.1 Å². The number of fused-ring (bicyclic) bond motifs is 1. The van der Waals surface area contributed by atoms with Crippen molar-refractivity contribution in [1.82, 2.24) is 4.57 Å². The molecule has 3 rings (SSSR count). The van der Waals surface area contributed by atoms with Crippen LogP contribution in [0.25, 0.3) is 11.1 Å². The smallest absolute Gasteiger partial charge is 0.419 e. The minimum Gasteiger partial charge on any atom is -0.477 e. The Bertz CT molecular complexity index is 846. The van der Waals surface area contributed by atoms with Gasteiger partial charge in [0.15, 0.2) is 5.58 Å². The van der Waals surface area contributed by atoms with Crippen LogP contribution in [0.5, 0.6) is 0 Å². The van der Waals surface area contributed by atoms with E-state index in [0.29, 0.717) is 22.8 Å². The Kier molecular flexibility index (Phi) is 3.85. The maximum absolute atomic E-state index is 11.8. The molecule has 0 spiro atoms. The first-order valence-corrected chi connectivity index (χ1v) is 8.04. The van der Waals surface area contributed by atoms with Crippen LogP contribution in [-0.4, -0.2) is 21.4 Å². The molecule has 0 atom stereocenters. The second kappa shape index (κ2) is 5.79. The molecule has 0 aliphatic carbocycles. The first-order valence-electron chi connectivity index (χ1n) is 6.18. The Hall–Kier alpha value is -1.99. The van der Waals surface area contributed by atoms with E-state index in [2.05, 4.69) is 0 Å². The topological polar surface area (TPSA) is 72.4 Å². The lowest BCUT2D eigenvalue weighted by Gasteiger charge is -2.01. The minimum absolute atomic E-state index is 0.323. The number of thiophene rings is 1. The zero-order chi connectivity index (χ0) is 14.8. The van der Waals surface area contributed by atoms with Gasteiger partial charge in [0.1, 0.15) is 4.88 Å². The van der Waals surface area contributed by atoms with Crippen LogP contribution in [0.3, 0.4) is 0 Å². The Morgan fingerprint density at radius 1 is 1.38 bits per heavy atom. The van der Waals surface area contributed by atoms with Crippen LogP contribution in [0.2, 0.25) is 0 Å². The van der Waals surface area contributed by atoms with Crippen molar-refractivity contribution >= 4 is 40.2 Å². The summed E-state index contributed by atoms with van der Waals surface area (Å²) in [4.78, 5) is 23.8. The third kappa shape index (κ3) is 2.88.